The van der Waals surface area contributed by atoms with Crippen LogP contribution in [0.4, 0.5) is 0 Å². The van der Waals surface area contributed by atoms with Crippen LogP contribution in [-0.4, -0.2) is 24.3 Å². The molecule has 0 aliphatic heterocycles. The fraction of sp³-hybridized carbons (Fsp3) is 0.235. The maximum absolute atomic E-state index is 11.4. The molecule has 4 nitrogen and oxygen atoms in total. The molecular formula is C17H16Cl2O4. The van der Waals surface area contributed by atoms with Crippen LogP contribution >= 0.6 is 23.2 Å². The number of esters is 1. The maximum Gasteiger partial charge on any atom is 0.344 e. The Bertz CT molecular complexity index is 701. The number of benzene rings is 2. The average Bonchev–Trinajstić information content (AvgIpc) is 2.50. The van der Waals surface area contributed by atoms with Crippen LogP contribution in [-0.2, 0) is 16.0 Å². The Kier molecular flexibility index (Phi) is 6.13. The number of halogens is 2. The third kappa shape index (κ3) is 5.05. The topological polar surface area (TPSA) is 55.8 Å². The van der Waals surface area contributed by atoms with Crippen molar-refractivity contribution >= 4 is 29.2 Å². The van der Waals surface area contributed by atoms with Crippen molar-refractivity contribution in [3.05, 3.63) is 57.6 Å². The highest BCUT2D eigenvalue weighted by Gasteiger charge is 2.11. The molecule has 0 radical (unpaired) electrons. The van der Waals surface area contributed by atoms with Gasteiger partial charge in [-0.25, -0.2) is 4.79 Å². The Labute approximate surface area is 144 Å². The number of carbonyl (C=O) groups is 1. The summed E-state index contributed by atoms with van der Waals surface area (Å²) in [5, 5.41) is 11.0. The van der Waals surface area contributed by atoms with Crippen molar-refractivity contribution in [3.63, 3.8) is 0 Å². The largest absolute Gasteiger partial charge is 0.508 e. The predicted octanol–water partition coefficient (Wildman–Crippen LogP) is 4.23. The first-order valence-corrected chi connectivity index (χ1v) is 7.79. The lowest BCUT2D eigenvalue weighted by Crippen LogP contribution is -2.15. The number of rotatable bonds is 6. The lowest BCUT2D eigenvalue weighted by Gasteiger charge is -2.12. The molecule has 0 atom stereocenters. The van der Waals surface area contributed by atoms with Gasteiger partial charge in [-0.05, 0) is 48.9 Å². The molecule has 1 N–H and O–H groups in total. The van der Waals surface area contributed by atoms with Gasteiger partial charge in [0.25, 0.3) is 0 Å². The predicted molar refractivity (Wildman–Crippen MR) is 89.5 cm³/mol. The summed E-state index contributed by atoms with van der Waals surface area (Å²) in [6.07, 6.45) is 0.366. The van der Waals surface area contributed by atoms with Crippen molar-refractivity contribution in [3.8, 4) is 11.5 Å². The molecule has 0 saturated carbocycles. The molecule has 23 heavy (non-hydrogen) atoms. The molecule has 0 saturated heterocycles. The lowest BCUT2D eigenvalue weighted by atomic mass is 10.0. The highest BCUT2D eigenvalue weighted by Crippen LogP contribution is 2.30. The van der Waals surface area contributed by atoms with Crippen molar-refractivity contribution < 1.29 is 19.4 Å². The second-order valence-corrected chi connectivity index (χ2v) is 5.67. The minimum atomic E-state index is -0.445. The number of hydrogen-bond acceptors (Lipinski definition) is 4. The standard InChI is InChI=1S/C17H16Cl2O4/c1-2-22-17(21)10-23-16-6-4-14(19)9-12(16)7-11-8-13(18)3-5-15(11)20/h3-6,8-9,20H,2,7,10H2,1H3. The van der Waals surface area contributed by atoms with Crippen LogP contribution in [0.15, 0.2) is 36.4 Å². The van der Waals surface area contributed by atoms with E-state index < -0.39 is 5.97 Å². The van der Waals surface area contributed by atoms with Gasteiger partial charge in [0.1, 0.15) is 11.5 Å². The van der Waals surface area contributed by atoms with E-state index in [1.807, 2.05) is 0 Å². The summed E-state index contributed by atoms with van der Waals surface area (Å²) in [7, 11) is 0. The summed E-state index contributed by atoms with van der Waals surface area (Å²) >= 11 is 12.0. The molecule has 2 aromatic carbocycles. The summed E-state index contributed by atoms with van der Waals surface area (Å²) < 4.78 is 10.3. The first-order chi connectivity index (χ1) is 11.0. The van der Waals surface area contributed by atoms with E-state index in [9.17, 15) is 9.90 Å². The van der Waals surface area contributed by atoms with E-state index in [1.165, 1.54) is 6.07 Å². The van der Waals surface area contributed by atoms with Gasteiger partial charge < -0.3 is 14.6 Å². The van der Waals surface area contributed by atoms with Crippen LogP contribution in [0, 0.1) is 0 Å². The molecule has 0 heterocycles. The number of phenolic OH excluding ortho intramolecular Hbond substituents is 1. The van der Waals surface area contributed by atoms with Crippen LogP contribution in [0.1, 0.15) is 18.1 Å². The van der Waals surface area contributed by atoms with Gasteiger partial charge in [-0.3, -0.25) is 0 Å². The molecule has 2 aromatic rings. The molecule has 0 aromatic heterocycles. The lowest BCUT2D eigenvalue weighted by molar-refractivity contribution is -0.145. The Morgan fingerprint density at radius 2 is 1.74 bits per heavy atom. The zero-order chi connectivity index (χ0) is 16.8. The zero-order valence-electron chi connectivity index (χ0n) is 12.5. The Morgan fingerprint density at radius 3 is 2.43 bits per heavy atom. The molecule has 0 aliphatic carbocycles. The smallest absolute Gasteiger partial charge is 0.344 e. The van der Waals surface area contributed by atoms with Crippen LogP contribution in [0.5, 0.6) is 11.5 Å². The van der Waals surface area contributed by atoms with Crippen LogP contribution < -0.4 is 4.74 Å². The molecule has 122 valence electrons. The molecule has 0 amide bonds. The summed E-state index contributed by atoms with van der Waals surface area (Å²) in [6, 6.07) is 9.88. The van der Waals surface area contributed by atoms with Crippen molar-refractivity contribution in [2.45, 2.75) is 13.3 Å². The minimum Gasteiger partial charge on any atom is -0.508 e. The van der Waals surface area contributed by atoms with E-state index in [0.717, 1.165) is 5.56 Å². The molecule has 0 aliphatic rings. The van der Waals surface area contributed by atoms with Gasteiger partial charge in [-0.1, -0.05) is 23.2 Å². The SMILES string of the molecule is CCOC(=O)COc1ccc(Cl)cc1Cc1cc(Cl)ccc1O. The van der Waals surface area contributed by atoms with Crippen molar-refractivity contribution in [1.29, 1.82) is 0 Å². The molecule has 0 spiro atoms. The summed E-state index contributed by atoms with van der Waals surface area (Å²) in [4.78, 5) is 11.4. The number of hydrogen-bond donors (Lipinski definition) is 1. The van der Waals surface area contributed by atoms with E-state index in [1.54, 1.807) is 37.3 Å². The minimum absolute atomic E-state index is 0.130. The van der Waals surface area contributed by atoms with E-state index in [4.69, 9.17) is 32.7 Å². The van der Waals surface area contributed by atoms with E-state index >= 15 is 0 Å². The van der Waals surface area contributed by atoms with Crippen LogP contribution in [0.3, 0.4) is 0 Å². The quantitative estimate of drug-likeness (QED) is 0.788. The van der Waals surface area contributed by atoms with Gasteiger partial charge in [0.15, 0.2) is 6.61 Å². The second-order valence-electron chi connectivity index (χ2n) is 4.80. The maximum atomic E-state index is 11.4. The summed E-state index contributed by atoms with van der Waals surface area (Å²) in [5.41, 5.74) is 1.38. The first kappa shape index (κ1) is 17.4. The molecule has 0 unspecified atom stereocenters. The van der Waals surface area contributed by atoms with E-state index in [2.05, 4.69) is 0 Å². The highest BCUT2D eigenvalue weighted by atomic mass is 35.5. The molecule has 2 rings (SSSR count). The van der Waals surface area contributed by atoms with E-state index in [0.29, 0.717) is 34.4 Å². The van der Waals surface area contributed by atoms with Gasteiger partial charge in [-0.15, -0.1) is 0 Å². The molecular weight excluding hydrogens is 339 g/mol. The van der Waals surface area contributed by atoms with Crippen LogP contribution in [0.25, 0.3) is 0 Å². The number of carbonyl (C=O) groups excluding carboxylic acids is 1. The number of ether oxygens (including phenoxy) is 2. The Hall–Kier alpha value is -1.91. The third-order valence-corrected chi connectivity index (χ3v) is 3.57. The van der Waals surface area contributed by atoms with Crippen molar-refractivity contribution in [1.82, 2.24) is 0 Å². The first-order valence-electron chi connectivity index (χ1n) is 7.04. The van der Waals surface area contributed by atoms with E-state index in [-0.39, 0.29) is 12.4 Å². The Balaban J connectivity index is 2.21. The fourth-order valence-corrected chi connectivity index (χ4v) is 2.46. The molecule has 0 bridgehead atoms. The van der Waals surface area contributed by atoms with Crippen LogP contribution in [0.2, 0.25) is 10.0 Å². The summed E-state index contributed by atoms with van der Waals surface area (Å²) in [5.74, 6) is 0.187. The molecule has 0 fully saturated rings. The highest BCUT2D eigenvalue weighted by molar-refractivity contribution is 6.31. The fourth-order valence-electron chi connectivity index (χ4n) is 2.07. The van der Waals surface area contributed by atoms with Crippen molar-refractivity contribution in [2.24, 2.45) is 0 Å². The van der Waals surface area contributed by atoms with Crippen molar-refractivity contribution in [2.75, 3.05) is 13.2 Å². The second kappa shape index (κ2) is 8.09. The summed E-state index contributed by atoms with van der Waals surface area (Å²) in [6.45, 7) is 1.84. The number of aromatic hydroxyl groups is 1. The average molecular weight is 355 g/mol. The van der Waals surface area contributed by atoms with Gasteiger partial charge in [0.05, 0.1) is 6.61 Å². The normalized spacial score (nSPS) is 10.4. The third-order valence-electron chi connectivity index (χ3n) is 3.10. The van der Waals surface area contributed by atoms with Gasteiger partial charge >= 0.3 is 5.97 Å². The van der Waals surface area contributed by atoms with Gasteiger partial charge in [0.2, 0.25) is 0 Å². The number of phenols is 1. The zero-order valence-corrected chi connectivity index (χ0v) is 14.0. The Morgan fingerprint density at radius 1 is 1.09 bits per heavy atom. The van der Waals surface area contributed by atoms with Gasteiger partial charge in [0, 0.05) is 22.0 Å². The molecule has 6 heteroatoms. The van der Waals surface area contributed by atoms with Gasteiger partial charge in [-0.2, -0.15) is 0 Å². The monoisotopic (exact) mass is 354 g/mol.